The van der Waals surface area contributed by atoms with Crippen molar-refractivity contribution < 1.29 is 9.32 Å². The third-order valence-electron chi connectivity index (χ3n) is 6.00. The van der Waals surface area contributed by atoms with Gasteiger partial charge >= 0.3 is 0 Å². The van der Waals surface area contributed by atoms with Crippen LogP contribution in [0.25, 0.3) is 22.7 Å². The topological polar surface area (TPSA) is 93.8 Å². The van der Waals surface area contributed by atoms with Crippen LogP contribution in [0.4, 0.5) is 0 Å². The fraction of sp³-hybridized carbons (Fsp3) is 0.269. The fourth-order valence-corrected chi connectivity index (χ4v) is 4.28. The molecule has 1 aliphatic carbocycles. The molecular weight excluding hydrogens is 414 g/mol. The molecule has 0 saturated heterocycles. The molecule has 7 nitrogen and oxygen atoms in total. The molecule has 0 bridgehead atoms. The Morgan fingerprint density at radius 1 is 1.09 bits per heavy atom. The second-order valence-corrected chi connectivity index (χ2v) is 9.35. The average molecular weight is 440 g/mol. The summed E-state index contributed by atoms with van der Waals surface area (Å²) in [4.78, 5) is 26.5. The average Bonchev–Trinajstić information content (AvgIpc) is 3.29. The maximum atomic E-state index is 13.0. The smallest absolute Gasteiger partial charge is 0.273 e. The van der Waals surface area contributed by atoms with Crippen LogP contribution in [0.1, 0.15) is 53.6 Å². The number of aryl methyl sites for hydroxylation is 1. The van der Waals surface area contributed by atoms with Gasteiger partial charge < -0.3 is 9.84 Å². The molecular formula is C26H25N5O2. The van der Waals surface area contributed by atoms with Gasteiger partial charge in [-0.15, -0.1) is 0 Å². The van der Waals surface area contributed by atoms with Gasteiger partial charge in [0.1, 0.15) is 0 Å². The summed E-state index contributed by atoms with van der Waals surface area (Å²) in [5.74, 6) is 0.956. The number of nitrogens with zero attached hydrogens (tertiary/aromatic N) is 4. The number of carbonyl (C=O) groups is 1. The van der Waals surface area contributed by atoms with Crippen molar-refractivity contribution in [3.05, 3.63) is 83.6 Å². The van der Waals surface area contributed by atoms with Crippen molar-refractivity contribution in [3.8, 4) is 22.7 Å². The quantitative estimate of drug-likeness (QED) is 0.484. The number of fused-ring (bicyclic) bond motifs is 1. The van der Waals surface area contributed by atoms with Crippen LogP contribution in [0.2, 0.25) is 0 Å². The summed E-state index contributed by atoms with van der Waals surface area (Å²) in [7, 11) is 0. The molecule has 0 fully saturated rings. The lowest BCUT2D eigenvalue weighted by atomic mass is 9.74. The van der Waals surface area contributed by atoms with Crippen LogP contribution in [0.3, 0.4) is 0 Å². The van der Waals surface area contributed by atoms with Crippen LogP contribution in [0, 0.1) is 12.3 Å². The van der Waals surface area contributed by atoms with Crippen molar-refractivity contribution in [2.45, 2.75) is 39.7 Å². The number of carbonyl (C=O) groups excluding carboxylic acids is 1. The minimum atomic E-state index is -0.274. The van der Waals surface area contributed by atoms with Gasteiger partial charge in [0.05, 0.1) is 11.7 Å². The van der Waals surface area contributed by atoms with Crippen LogP contribution in [0.5, 0.6) is 0 Å². The van der Waals surface area contributed by atoms with Crippen molar-refractivity contribution in [2.24, 2.45) is 5.41 Å². The van der Waals surface area contributed by atoms with E-state index in [9.17, 15) is 4.79 Å². The van der Waals surface area contributed by atoms with E-state index in [0.29, 0.717) is 11.6 Å². The van der Waals surface area contributed by atoms with Crippen molar-refractivity contribution in [1.29, 1.82) is 0 Å². The lowest BCUT2D eigenvalue weighted by molar-refractivity contribution is 0.0910. The number of benzene rings is 1. The number of hydrogen-bond acceptors (Lipinski definition) is 6. The molecule has 0 unspecified atom stereocenters. The molecule has 0 saturated carbocycles. The highest BCUT2D eigenvalue weighted by atomic mass is 16.5. The Morgan fingerprint density at radius 2 is 1.85 bits per heavy atom. The number of pyridine rings is 1. The van der Waals surface area contributed by atoms with Gasteiger partial charge in [0.2, 0.25) is 0 Å². The molecule has 3 aromatic heterocycles. The Morgan fingerprint density at radius 3 is 2.61 bits per heavy atom. The summed E-state index contributed by atoms with van der Waals surface area (Å²) < 4.78 is 5.44. The molecule has 166 valence electrons. The van der Waals surface area contributed by atoms with Crippen molar-refractivity contribution >= 4 is 5.91 Å². The fourth-order valence-electron chi connectivity index (χ4n) is 4.28. The Hall–Kier alpha value is -3.87. The number of amides is 1. The maximum absolute atomic E-state index is 13.0. The first-order valence-corrected chi connectivity index (χ1v) is 11.0. The van der Waals surface area contributed by atoms with E-state index in [-0.39, 0.29) is 23.1 Å². The molecule has 0 radical (unpaired) electrons. The zero-order valence-corrected chi connectivity index (χ0v) is 18.9. The van der Waals surface area contributed by atoms with Gasteiger partial charge in [-0.3, -0.25) is 9.78 Å². The molecule has 7 heteroatoms. The molecule has 3 heterocycles. The van der Waals surface area contributed by atoms with E-state index in [1.165, 1.54) is 0 Å². The van der Waals surface area contributed by atoms with E-state index in [0.717, 1.165) is 40.8 Å². The Kier molecular flexibility index (Phi) is 5.24. The highest BCUT2D eigenvalue weighted by Gasteiger charge is 2.35. The minimum absolute atomic E-state index is 0.0221. The van der Waals surface area contributed by atoms with E-state index in [1.807, 2.05) is 49.5 Å². The summed E-state index contributed by atoms with van der Waals surface area (Å²) in [5.41, 5.74) is 5.10. The van der Waals surface area contributed by atoms with Gasteiger partial charge in [-0.05, 0) is 37.3 Å². The van der Waals surface area contributed by atoms with Gasteiger partial charge in [0.15, 0.2) is 17.3 Å². The summed E-state index contributed by atoms with van der Waals surface area (Å²) in [6.45, 7) is 6.40. The molecule has 4 aromatic rings. The SMILES string of the molecule is Cc1ccc(-c2cc(C(=O)N[C@@H]3CC(C)(C)Cc4nc(-c5ccncc5)ncc43)no2)cc1. The number of nitrogens with one attached hydrogen (secondary N) is 1. The van der Waals surface area contributed by atoms with Crippen LogP contribution in [0.15, 0.2) is 65.6 Å². The first kappa shape index (κ1) is 21.0. The van der Waals surface area contributed by atoms with Crippen LogP contribution < -0.4 is 5.32 Å². The van der Waals surface area contributed by atoms with Crippen LogP contribution in [-0.2, 0) is 6.42 Å². The molecule has 5 rings (SSSR count). The summed E-state index contributed by atoms with van der Waals surface area (Å²) in [6, 6.07) is 13.2. The minimum Gasteiger partial charge on any atom is -0.355 e. The third kappa shape index (κ3) is 4.39. The Balaban J connectivity index is 1.40. The highest BCUT2D eigenvalue weighted by molar-refractivity contribution is 5.93. The standard InChI is InChI=1S/C26H25N5O2/c1-16-4-6-17(7-5-16)23-12-20(31-33-23)25(32)30-22-14-26(2,3)13-21-19(22)15-28-24(29-21)18-8-10-27-11-9-18/h4-12,15,22H,13-14H2,1-3H3,(H,30,32)/t22-/m1/s1. The van der Waals surface area contributed by atoms with Gasteiger partial charge in [-0.1, -0.05) is 48.8 Å². The first-order valence-electron chi connectivity index (χ1n) is 11.0. The van der Waals surface area contributed by atoms with E-state index in [4.69, 9.17) is 9.51 Å². The van der Waals surface area contributed by atoms with E-state index in [2.05, 4.69) is 34.3 Å². The highest BCUT2D eigenvalue weighted by Crippen LogP contribution is 2.40. The van der Waals surface area contributed by atoms with Gasteiger partial charge in [-0.25, -0.2) is 9.97 Å². The lowest BCUT2D eigenvalue weighted by Crippen LogP contribution is -2.37. The molecule has 1 amide bonds. The number of aromatic nitrogens is 4. The van der Waals surface area contributed by atoms with Gasteiger partial charge in [0.25, 0.3) is 5.91 Å². The predicted octanol–water partition coefficient (Wildman–Crippen LogP) is 4.95. The number of hydrogen-bond donors (Lipinski definition) is 1. The molecule has 1 aromatic carbocycles. The van der Waals surface area contributed by atoms with Gasteiger partial charge in [-0.2, -0.15) is 0 Å². The normalized spacial score (nSPS) is 16.8. The van der Waals surface area contributed by atoms with Crippen LogP contribution >= 0.6 is 0 Å². The second-order valence-electron chi connectivity index (χ2n) is 9.35. The largest absolute Gasteiger partial charge is 0.355 e. The summed E-state index contributed by atoms with van der Waals surface area (Å²) >= 11 is 0. The maximum Gasteiger partial charge on any atom is 0.273 e. The van der Waals surface area contributed by atoms with E-state index < -0.39 is 0 Å². The predicted molar refractivity (Wildman–Crippen MR) is 124 cm³/mol. The van der Waals surface area contributed by atoms with E-state index in [1.54, 1.807) is 18.5 Å². The van der Waals surface area contributed by atoms with Crippen molar-refractivity contribution in [3.63, 3.8) is 0 Å². The molecule has 1 N–H and O–H groups in total. The zero-order chi connectivity index (χ0) is 23.0. The second kappa shape index (κ2) is 8.24. The Labute approximate surface area is 192 Å². The van der Waals surface area contributed by atoms with Gasteiger partial charge in [0, 0.05) is 41.3 Å². The molecule has 1 aliphatic rings. The summed E-state index contributed by atoms with van der Waals surface area (Å²) in [6.07, 6.45) is 6.89. The zero-order valence-electron chi connectivity index (χ0n) is 18.9. The molecule has 1 atom stereocenters. The summed E-state index contributed by atoms with van der Waals surface area (Å²) in [5, 5.41) is 7.13. The first-order chi connectivity index (χ1) is 15.9. The lowest BCUT2D eigenvalue weighted by Gasteiger charge is -2.36. The Bertz CT molecular complexity index is 1300. The number of rotatable bonds is 4. The molecule has 0 aliphatic heterocycles. The third-order valence-corrected chi connectivity index (χ3v) is 6.00. The molecule has 0 spiro atoms. The van der Waals surface area contributed by atoms with Crippen molar-refractivity contribution in [2.75, 3.05) is 0 Å². The molecule has 33 heavy (non-hydrogen) atoms. The van der Waals surface area contributed by atoms with Crippen LogP contribution in [-0.4, -0.2) is 26.0 Å². The van der Waals surface area contributed by atoms with Crippen molar-refractivity contribution in [1.82, 2.24) is 25.4 Å². The monoisotopic (exact) mass is 439 g/mol. The van der Waals surface area contributed by atoms with E-state index >= 15 is 0 Å².